The molecule has 7 rings (SSSR count). The van der Waals surface area contributed by atoms with Crippen molar-refractivity contribution in [3.8, 4) is 0 Å². The maximum absolute atomic E-state index is 5.47. The van der Waals surface area contributed by atoms with Gasteiger partial charge in [-0.15, -0.1) is 0 Å². The minimum absolute atomic E-state index is 0.242. The van der Waals surface area contributed by atoms with Crippen LogP contribution >= 0.6 is 0 Å². The molecule has 1 fully saturated rings. The van der Waals surface area contributed by atoms with E-state index in [9.17, 15) is 0 Å². The maximum Gasteiger partial charge on any atom is 0.0819 e. The molecule has 2 aliphatic heterocycles. The van der Waals surface area contributed by atoms with Crippen LogP contribution < -0.4 is 10.3 Å². The number of morpholine rings is 1. The Morgan fingerprint density at radius 1 is 0.941 bits per heavy atom. The van der Waals surface area contributed by atoms with Gasteiger partial charge >= 0.3 is 0 Å². The van der Waals surface area contributed by atoms with Crippen molar-refractivity contribution in [1.82, 2.24) is 14.8 Å². The number of rotatable bonds is 4. The highest BCUT2D eigenvalue weighted by molar-refractivity contribution is 5.91. The van der Waals surface area contributed by atoms with Crippen LogP contribution in [0, 0.1) is 0 Å². The summed E-state index contributed by atoms with van der Waals surface area (Å²) in [5, 5.41) is 9.72. The van der Waals surface area contributed by atoms with E-state index in [2.05, 4.69) is 93.0 Å². The molecule has 0 unspecified atom stereocenters. The molecule has 0 amide bonds. The minimum Gasteiger partial charge on any atom is -0.378 e. The quantitative estimate of drug-likeness (QED) is 0.483. The van der Waals surface area contributed by atoms with Gasteiger partial charge in [-0.2, -0.15) is 5.10 Å². The van der Waals surface area contributed by atoms with Crippen LogP contribution in [0.3, 0.4) is 0 Å². The lowest BCUT2D eigenvalue weighted by molar-refractivity contribution is 0.122. The third-order valence-corrected chi connectivity index (χ3v) is 7.29. The average Bonchev–Trinajstić information content (AvgIpc) is 3.48. The number of hydrazine groups is 1. The van der Waals surface area contributed by atoms with Crippen LogP contribution in [0.15, 0.2) is 73.1 Å². The summed E-state index contributed by atoms with van der Waals surface area (Å²) in [7, 11) is 0. The number of nitrogens with zero attached hydrogens (tertiary/aromatic N) is 4. The lowest BCUT2D eigenvalue weighted by atomic mass is 10.0. The van der Waals surface area contributed by atoms with Crippen LogP contribution in [-0.4, -0.2) is 41.1 Å². The number of aromatic nitrogens is 2. The van der Waals surface area contributed by atoms with Gasteiger partial charge in [-0.1, -0.05) is 36.4 Å². The van der Waals surface area contributed by atoms with Crippen LogP contribution in [0.5, 0.6) is 0 Å². The third-order valence-electron chi connectivity index (χ3n) is 7.29. The van der Waals surface area contributed by atoms with Crippen molar-refractivity contribution in [3.05, 3.63) is 95.4 Å². The molecule has 0 spiro atoms. The maximum atomic E-state index is 5.47. The monoisotopic (exact) mass is 449 g/mol. The zero-order valence-corrected chi connectivity index (χ0v) is 19.0. The van der Waals surface area contributed by atoms with Crippen molar-refractivity contribution in [1.29, 1.82) is 0 Å². The Morgan fingerprint density at radius 2 is 1.76 bits per heavy atom. The van der Waals surface area contributed by atoms with E-state index in [1.807, 2.05) is 6.20 Å². The number of hydrogen-bond donors (Lipinski definition) is 1. The van der Waals surface area contributed by atoms with Crippen molar-refractivity contribution in [2.24, 2.45) is 0 Å². The number of hydrogen-bond acceptors (Lipinski definition) is 5. The van der Waals surface area contributed by atoms with Gasteiger partial charge in [-0.25, -0.2) is 0 Å². The molecule has 1 aliphatic carbocycles. The van der Waals surface area contributed by atoms with Crippen molar-refractivity contribution < 1.29 is 4.74 Å². The molecule has 0 bridgehead atoms. The minimum atomic E-state index is 0.242. The Morgan fingerprint density at radius 3 is 2.62 bits per heavy atom. The zero-order chi connectivity index (χ0) is 22.5. The summed E-state index contributed by atoms with van der Waals surface area (Å²) < 4.78 is 7.71. The van der Waals surface area contributed by atoms with Gasteiger partial charge in [-0.3, -0.25) is 15.1 Å². The average molecular weight is 450 g/mol. The zero-order valence-electron chi connectivity index (χ0n) is 19.0. The summed E-state index contributed by atoms with van der Waals surface area (Å²) in [6, 6.07) is 22.2. The normalized spacial score (nSPS) is 19.0. The first kappa shape index (κ1) is 19.7. The molecule has 3 aliphatic rings. The highest BCUT2D eigenvalue weighted by Gasteiger charge is 2.29. The molecular formula is C28H27N5O. The van der Waals surface area contributed by atoms with Gasteiger partial charge in [0.25, 0.3) is 0 Å². The van der Waals surface area contributed by atoms with E-state index in [1.54, 1.807) is 0 Å². The van der Waals surface area contributed by atoms with Crippen LogP contribution in [0.25, 0.3) is 16.8 Å². The summed E-state index contributed by atoms with van der Waals surface area (Å²) in [5.74, 6) is 0. The fourth-order valence-electron chi connectivity index (χ4n) is 5.60. The lowest BCUT2D eigenvalue weighted by Crippen LogP contribution is -2.36. The van der Waals surface area contributed by atoms with E-state index >= 15 is 0 Å². The Balaban J connectivity index is 1.12. The van der Waals surface area contributed by atoms with Crippen molar-refractivity contribution in [2.45, 2.75) is 19.0 Å². The highest BCUT2D eigenvalue weighted by Crippen LogP contribution is 2.40. The first-order chi connectivity index (χ1) is 16.8. The molecule has 34 heavy (non-hydrogen) atoms. The second-order valence-electron chi connectivity index (χ2n) is 9.28. The molecule has 1 atom stereocenters. The Labute approximate surface area is 199 Å². The largest absolute Gasteiger partial charge is 0.378 e. The van der Waals surface area contributed by atoms with Crippen molar-refractivity contribution in [3.63, 3.8) is 0 Å². The predicted octanol–water partition coefficient (Wildman–Crippen LogP) is 4.83. The van der Waals surface area contributed by atoms with E-state index in [1.165, 1.54) is 38.8 Å². The molecule has 1 aromatic heterocycles. The number of fused-ring (bicyclic) bond motifs is 1. The third kappa shape index (κ3) is 3.25. The van der Waals surface area contributed by atoms with E-state index in [-0.39, 0.29) is 6.04 Å². The van der Waals surface area contributed by atoms with Crippen molar-refractivity contribution in [2.75, 3.05) is 36.6 Å². The standard InChI is InChI=1S/C28H27N5O/c1-3-20-4-2-6-25-26(17-21(5-1)28(20)25)33-27-19-32(12-11-22(27)18-29-33)30-23-7-9-24(10-8-23)31-13-15-34-16-14-31/h1-12,18,26,30H,13-17,19H2/t26-/m0/s1. The summed E-state index contributed by atoms with van der Waals surface area (Å²) in [6.07, 6.45) is 7.25. The summed E-state index contributed by atoms with van der Waals surface area (Å²) in [4.78, 5) is 2.37. The van der Waals surface area contributed by atoms with E-state index in [0.29, 0.717) is 0 Å². The number of ether oxygens (including phenoxy) is 1. The molecule has 4 aromatic rings. The predicted molar refractivity (Wildman–Crippen MR) is 136 cm³/mol. The van der Waals surface area contributed by atoms with Crippen LogP contribution in [0.1, 0.15) is 28.4 Å². The first-order valence-corrected chi connectivity index (χ1v) is 12.0. The van der Waals surface area contributed by atoms with Gasteiger partial charge in [0.1, 0.15) is 0 Å². The molecule has 3 aromatic carbocycles. The second-order valence-corrected chi connectivity index (χ2v) is 9.28. The number of anilines is 2. The van der Waals surface area contributed by atoms with Gasteiger partial charge < -0.3 is 9.64 Å². The second kappa shape index (κ2) is 7.92. The number of benzene rings is 3. The molecule has 1 N–H and O–H groups in total. The topological polar surface area (TPSA) is 45.6 Å². The Hall–Kier alpha value is -3.77. The SMILES string of the molecule is C1=CN(Nc2ccc(N3CCOCC3)cc2)Cc2c1cnn2[C@H]1Cc2cccc3cccc1c23. The van der Waals surface area contributed by atoms with E-state index in [0.717, 1.165) is 45.0 Å². The molecule has 6 heteroatoms. The fraction of sp³-hybridized carbons (Fsp3) is 0.250. The molecule has 0 radical (unpaired) electrons. The van der Waals surface area contributed by atoms with E-state index < -0.39 is 0 Å². The Kier molecular flexibility index (Phi) is 4.58. The number of nitrogens with one attached hydrogen (secondary N) is 1. The van der Waals surface area contributed by atoms with Gasteiger partial charge in [0.15, 0.2) is 0 Å². The molecule has 6 nitrogen and oxygen atoms in total. The van der Waals surface area contributed by atoms with E-state index in [4.69, 9.17) is 9.84 Å². The molecule has 170 valence electrons. The molecular weight excluding hydrogens is 422 g/mol. The Bertz CT molecular complexity index is 1380. The molecule has 1 saturated heterocycles. The fourth-order valence-corrected chi connectivity index (χ4v) is 5.60. The first-order valence-electron chi connectivity index (χ1n) is 12.0. The van der Waals surface area contributed by atoms with Crippen LogP contribution in [0.2, 0.25) is 0 Å². The van der Waals surface area contributed by atoms with Crippen LogP contribution in [-0.2, 0) is 17.7 Å². The molecule has 0 saturated carbocycles. The summed E-state index contributed by atoms with van der Waals surface area (Å²) in [6.45, 7) is 4.27. The molecule has 3 heterocycles. The smallest absolute Gasteiger partial charge is 0.0819 e. The van der Waals surface area contributed by atoms with Gasteiger partial charge in [0.2, 0.25) is 0 Å². The van der Waals surface area contributed by atoms with Crippen LogP contribution in [0.4, 0.5) is 11.4 Å². The van der Waals surface area contributed by atoms with Gasteiger partial charge in [-0.05, 0) is 58.7 Å². The summed E-state index contributed by atoms with van der Waals surface area (Å²) in [5.41, 5.74) is 11.1. The van der Waals surface area contributed by atoms with Gasteiger partial charge in [0.05, 0.1) is 43.4 Å². The van der Waals surface area contributed by atoms with Gasteiger partial charge in [0, 0.05) is 30.5 Å². The highest BCUT2D eigenvalue weighted by atomic mass is 16.5. The summed E-state index contributed by atoms with van der Waals surface area (Å²) >= 11 is 0. The lowest BCUT2D eigenvalue weighted by Gasteiger charge is -2.30. The van der Waals surface area contributed by atoms with Crippen molar-refractivity contribution >= 4 is 28.2 Å².